The van der Waals surface area contributed by atoms with E-state index in [4.69, 9.17) is 17.3 Å². The second kappa shape index (κ2) is 4.91. The van der Waals surface area contributed by atoms with Gasteiger partial charge in [-0.3, -0.25) is 0 Å². The van der Waals surface area contributed by atoms with E-state index in [0.29, 0.717) is 0 Å². The summed E-state index contributed by atoms with van der Waals surface area (Å²) >= 11 is 5.98. The molecule has 0 heterocycles. The predicted octanol–water partition coefficient (Wildman–Crippen LogP) is 4.00. The van der Waals surface area contributed by atoms with E-state index < -0.39 is 0 Å². The van der Waals surface area contributed by atoms with Crippen molar-refractivity contribution in [3.05, 3.63) is 69.7 Å². The first-order chi connectivity index (χ1) is 8.06. The van der Waals surface area contributed by atoms with E-state index in [1.807, 2.05) is 24.3 Å². The summed E-state index contributed by atoms with van der Waals surface area (Å²) in [4.78, 5) is 0. The van der Waals surface area contributed by atoms with Crippen LogP contribution in [0, 0.1) is 13.8 Å². The lowest BCUT2D eigenvalue weighted by atomic mass is 9.96. The Balaban J connectivity index is 2.39. The van der Waals surface area contributed by atoms with E-state index in [1.54, 1.807) is 0 Å². The summed E-state index contributed by atoms with van der Waals surface area (Å²) in [6, 6.07) is 14.0. The maximum atomic E-state index is 6.26. The van der Waals surface area contributed by atoms with Gasteiger partial charge >= 0.3 is 0 Å². The first-order valence-electron chi connectivity index (χ1n) is 5.65. The molecule has 0 spiro atoms. The summed E-state index contributed by atoms with van der Waals surface area (Å²) in [5, 5.41) is 0.724. The molecule has 0 fully saturated rings. The second-order valence-corrected chi connectivity index (χ2v) is 4.89. The predicted molar refractivity (Wildman–Crippen MR) is 73.4 cm³/mol. The van der Waals surface area contributed by atoms with Gasteiger partial charge in [0.05, 0.1) is 6.04 Å². The number of benzene rings is 2. The fourth-order valence-corrected chi connectivity index (χ4v) is 2.28. The van der Waals surface area contributed by atoms with Crippen molar-refractivity contribution in [3.8, 4) is 0 Å². The summed E-state index contributed by atoms with van der Waals surface area (Å²) in [6.07, 6.45) is 0. The molecule has 2 N–H and O–H groups in total. The number of halogens is 1. The summed E-state index contributed by atoms with van der Waals surface area (Å²) in [7, 11) is 0. The Morgan fingerprint density at radius 3 is 2.18 bits per heavy atom. The molecule has 0 amide bonds. The van der Waals surface area contributed by atoms with Crippen LogP contribution >= 0.6 is 11.6 Å². The third-order valence-electron chi connectivity index (χ3n) is 2.81. The zero-order chi connectivity index (χ0) is 12.4. The van der Waals surface area contributed by atoms with Crippen molar-refractivity contribution in [2.45, 2.75) is 19.9 Å². The molecule has 0 aliphatic rings. The van der Waals surface area contributed by atoms with Crippen LogP contribution in [0.4, 0.5) is 0 Å². The fraction of sp³-hybridized carbons (Fsp3) is 0.200. The highest BCUT2D eigenvalue weighted by Gasteiger charge is 2.09. The summed E-state index contributed by atoms with van der Waals surface area (Å²) in [5.74, 6) is 0. The highest BCUT2D eigenvalue weighted by molar-refractivity contribution is 6.30. The number of rotatable bonds is 2. The van der Waals surface area contributed by atoms with E-state index in [1.165, 1.54) is 11.1 Å². The lowest BCUT2D eigenvalue weighted by Gasteiger charge is -2.14. The van der Waals surface area contributed by atoms with Crippen molar-refractivity contribution >= 4 is 11.6 Å². The zero-order valence-corrected chi connectivity index (χ0v) is 10.8. The lowest BCUT2D eigenvalue weighted by molar-refractivity contribution is 0.868. The van der Waals surface area contributed by atoms with Crippen molar-refractivity contribution in [1.82, 2.24) is 0 Å². The third-order valence-corrected chi connectivity index (χ3v) is 3.05. The van der Waals surface area contributed by atoms with Crippen LogP contribution in [-0.4, -0.2) is 0 Å². The van der Waals surface area contributed by atoms with E-state index in [0.717, 1.165) is 16.1 Å². The van der Waals surface area contributed by atoms with Crippen LogP contribution in [0.5, 0.6) is 0 Å². The average molecular weight is 246 g/mol. The molecule has 0 aromatic heterocycles. The third kappa shape index (κ3) is 2.87. The van der Waals surface area contributed by atoms with E-state index >= 15 is 0 Å². The van der Waals surface area contributed by atoms with Gasteiger partial charge in [-0.2, -0.15) is 0 Å². The number of nitrogens with two attached hydrogens (primary N) is 1. The number of hydrogen-bond donors (Lipinski definition) is 1. The maximum Gasteiger partial charge on any atom is 0.0552 e. The average Bonchev–Trinajstić information content (AvgIpc) is 2.26. The molecule has 88 valence electrons. The molecular formula is C15H16ClN. The Labute approximate surface area is 107 Å². The highest BCUT2D eigenvalue weighted by Crippen LogP contribution is 2.23. The zero-order valence-electron chi connectivity index (χ0n) is 10.1. The smallest absolute Gasteiger partial charge is 0.0552 e. The molecule has 2 aromatic rings. The summed E-state index contributed by atoms with van der Waals surface area (Å²) in [5.41, 5.74) is 10.9. The molecule has 0 saturated carbocycles. The van der Waals surface area contributed by atoms with Gasteiger partial charge in [-0.1, -0.05) is 53.1 Å². The Morgan fingerprint density at radius 2 is 1.59 bits per heavy atom. The standard InChI is InChI=1S/C15H16ClN/c1-10-6-11(2)8-13(7-10)15(17)12-4-3-5-14(16)9-12/h3-9,15H,17H2,1-2H3. The van der Waals surface area contributed by atoms with Crippen LogP contribution in [0.2, 0.25) is 5.02 Å². The molecular weight excluding hydrogens is 230 g/mol. The minimum absolute atomic E-state index is 0.118. The largest absolute Gasteiger partial charge is 0.320 e. The molecule has 2 heteroatoms. The second-order valence-electron chi connectivity index (χ2n) is 4.45. The highest BCUT2D eigenvalue weighted by atomic mass is 35.5. The molecule has 1 unspecified atom stereocenters. The van der Waals surface area contributed by atoms with Crippen molar-refractivity contribution in [2.75, 3.05) is 0 Å². The lowest BCUT2D eigenvalue weighted by Crippen LogP contribution is -2.12. The molecule has 2 aromatic carbocycles. The van der Waals surface area contributed by atoms with E-state index in [-0.39, 0.29) is 6.04 Å². The van der Waals surface area contributed by atoms with Crippen LogP contribution in [-0.2, 0) is 0 Å². The van der Waals surface area contributed by atoms with E-state index in [2.05, 4.69) is 32.0 Å². The normalized spacial score (nSPS) is 12.5. The molecule has 1 nitrogen and oxygen atoms in total. The van der Waals surface area contributed by atoms with Gasteiger partial charge in [-0.05, 0) is 37.1 Å². The van der Waals surface area contributed by atoms with Gasteiger partial charge < -0.3 is 5.73 Å². The fourth-order valence-electron chi connectivity index (χ4n) is 2.08. The van der Waals surface area contributed by atoms with Gasteiger partial charge in [-0.15, -0.1) is 0 Å². The first-order valence-corrected chi connectivity index (χ1v) is 6.03. The number of aryl methyl sites for hydroxylation is 2. The number of hydrogen-bond acceptors (Lipinski definition) is 1. The summed E-state index contributed by atoms with van der Waals surface area (Å²) < 4.78 is 0. The molecule has 2 rings (SSSR count). The van der Waals surface area contributed by atoms with Crippen LogP contribution < -0.4 is 5.73 Å². The Hall–Kier alpha value is -1.31. The van der Waals surface area contributed by atoms with Gasteiger partial charge in [-0.25, -0.2) is 0 Å². The van der Waals surface area contributed by atoms with Crippen LogP contribution in [0.3, 0.4) is 0 Å². The van der Waals surface area contributed by atoms with Crippen LogP contribution in [0.25, 0.3) is 0 Å². The molecule has 0 aliphatic carbocycles. The summed E-state index contributed by atoms with van der Waals surface area (Å²) in [6.45, 7) is 4.17. The van der Waals surface area contributed by atoms with Crippen LogP contribution in [0.15, 0.2) is 42.5 Å². The monoisotopic (exact) mass is 245 g/mol. The molecule has 0 bridgehead atoms. The Kier molecular flexibility index (Phi) is 3.51. The van der Waals surface area contributed by atoms with Crippen molar-refractivity contribution in [3.63, 3.8) is 0 Å². The van der Waals surface area contributed by atoms with Crippen LogP contribution in [0.1, 0.15) is 28.3 Å². The Morgan fingerprint density at radius 1 is 0.941 bits per heavy atom. The topological polar surface area (TPSA) is 26.0 Å². The van der Waals surface area contributed by atoms with Gasteiger partial charge in [0.2, 0.25) is 0 Å². The molecule has 0 aliphatic heterocycles. The SMILES string of the molecule is Cc1cc(C)cc(C(N)c2cccc(Cl)c2)c1. The van der Waals surface area contributed by atoms with Gasteiger partial charge in [0.1, 0.15) is 0 Å². The van der Waals surface area contributed by atoms with Gasteiger partial charge in [0.15, 0.2) is 0 Å². The van der Waals surface area contributed by atoms with Gasteiger partial charge in [0.25, 0.3) is 0 Å². The van der Waals surface area contributed by atoms with Gasteiger partial charge in [0, 0.05) is 5.02 Å². The minimum atomic E-state index is -0.118. The molecule has 0 saturated heterocycles. The molecule has 1 atom stereocenters. The minimum Gasteiger partial charge on any atom is -0.320 e. The quantitative estimate of drug-likeness (QED) is 0.850. The van der Waals surface area contributed by atoms with Crippen molar-refractivity contribution in [2.24, 2.45) is 5.73 Å². The van der Waals surface area contributed by atoms with E-state index in [9.17, 15) is 0 Å². The maximum absolute atomic E-state index is 6.26. The van der Waals surface area contributed by atoms with Crippen molar-refractivity contribution < 1.29 is 0 Å². The Bertz CT molecular complexity index is 514. The van der Waals surface area contributed by atoms with Crippen molar-refractivity contribution in [1.29, 1.82) is 0 Å². The molecule has 0 radical (unpaired) electrons. The molecule has 17 heavy (non-hydrogen) atoms. The first kappa shape index (κ1) is 12.2.